The van der Waals surface area contributed by atoms with Crippen molar-refractivity contribution in [2.24, 2.45) is 0 Å². The molecule has 1 aromatic carbocycles. The van der Waals surface area contributed by atoms with E-state index in [0.717, 1.165) is 25.2 Å². The van der Waals surface area contributed by atoms with Gasteiger partial charge in [-0.15, -0.1) is 0 Å². The molecule has 0 spiro atoms. The third kappa shape index (κ3) is 3.44. The number of piperidine rings is 1. The van der Waals surface area contributed by atoms with Gasteiger partial charge in [-0.1, -0.05) is 6.92 Å². The highest BCUT2D eigenvalue weighted by molar-refractivity contribution is 5.54. The van der Waals surface area contributed by atoms with E-state index in [4.69, 9.17) is 0 Å². The summed E-state index contributed by atoms with van der Waals surface area (Å²) in [6.45, 7) is 7.26. The number of nitrogens with one attached hydrogen (secondary N) is 1. The SMILES string of the molecule is CCN1CCCC(Nc2ccc([N+](=O)[O-])c(C)c2)C1. The Morgan fingerprint density at radius 2 is 2.32 bits per heavy atom. The lowest BCUT2D eigenvalue weighted by atomic mass is 10.0. The standard InChI is InChI=1S/C14H21N3O2/c1-3-16-8-4-5-13(10-16)15-12-6-7-14(17(18)19)11(2)9-12/h6-7,9,13,15H,3-5,8,10H2,1-2H3. The minimum Gasteiger partial charge on any atom is -0.381 e. The number of benzene rings is 1. The summed E-state index contributed by atoms with van der Waals surface area (Å²) in [4.78, 5) is 12.9. The number of likely N-dealkylation sites (tertiary alicyclic amines) is 1. The lowest BCUT2D eigenvalue weighted by molar-refractivity contribution is -0.385. The third-order valence-electron chi connectivity index (χ3n) is 3.72. The monoisotopic (exact) mass is 263 g/mol. The first-order valence-corrected chi connectivity index (χ1v) is 6.84. The molecular weight excluding hydrogens is 242 g/mol. The minimum atomic E-state index is -0.335. The van der Waals surface area contributed by atoms with Gasteiger partial charge < -0.3 is 10.2 Å². The smallest absolute Gasteiger partial charge is 0.272 e. The molecule has 104 valence electrons. The molecule has 0 aliphatic carbocycles. The number of anilines is 1. The largest absolute Gasteiger partial charge is 0.381 e. The molecule has 19 heavy (non-hydrogen) atoms. The molecule has 0 radical (unpaired) electrons. The van der Waals surface area contributed by atoms with Crippen molar-refractivity contribution < 1.29 is 4.92 Å². The molecular formula is C14H21N3O2. The molecule has 1 N–H and O–H groups in total. The van der Waals surface area contributed by atoms with E-state index in [1.165, 1.54) is 13.0 Å². The Kier molecular flexibility index (Phi) is 4.37. The summed E-state index contributed by atoms with van der Waals surface area (Å²) < 4.78 is 0. The Morgan fingerprint density at radius 1 is 1.53 bits per heavy atom. The molecule has 0 aromatic heterocycles. The molecule has 1 aromatic rings. The van der Waals surface area contributed by atoms with Crippen molar-refractivity contribution in [3.05, 3.63) is 33.9 Å². The zero-order chi connectivity index (χ0) is 13.8. The van der Waals surface area contributed by atoms with Crippen molar-refractivity contribution in [1.29, 1.82) is 0 Å². The average Bonchev–Trinajstić information content (AvgIpc) is 2.38. The summed E-state index contributed by atoms with van der Waals surface area (Å²) in [5, 5.41) is 14.3. The molecule has 1 heterocycles. The molecule has 0 amide bonds. The normalized spacial score (nSPS) is 20.2. The van der Waals surface area contributed by atoms with Crippen LogP contribution in [0.25, 0.3) is 0 Å². The Morgan fingerprint density at radius 3 is 2.95 bits per heavy atom. The molecule has 5 nitrogen and oxygen atoms in total. The van der Waals surface area contributed by atoms with E-state index < -0.39 is 0 Å². The first kappa shape index (κ1) is 13.8. The second-order valence-electron chi connectivity index (χ2n) is 5.14. The molecule has 1 unspecified atom stereocenters. The summed E-state index contributed by atoms with van der Waals surface area (Å²) in [5.74, 6) is 0. The van der Waals surface area contributed by atoms with Gasteiger partial charge >= 0.3 is 0 Å². The Hall–Kier alpha value is -1.62. The van der Waals surface area contributed by atoms with Crippen LogP contribution in [0.1, 0.15) is 25.3 Å². The van der Waals surface area contributed by atoms with Gasteiger partial charge in [-0.2, -0.15) is 0 Å². The molecule has 0 saturated carbocycles. The summed E-state index contributed by atoms with van der Waals surface area (Å²) in [5.41, 5.74) is 1.87. The fourth-order valence-corrected chi connectivity index (χ4v) is 2.65. The second-order valence-corrected chi connectivity index (χ2v) is 5.14. The predicted octanol–water partition coefficient (Wildman–Crippen LogP) is 2.80. The first-order chi connectivity index (χ1) is 9.10. The lowest BCUT2D eigenvalue weighted by Gasteiger charge is -2.32. The van der Waals surface area contributed by atoms with E-state index in [9.17, 15) is 10.1 Å². The van der Waals surface area contributed by atoms with Crippen molar-refractivity contribution in [2.45, 2.75) is 32.7 Å². The van der Waals surface area contributed by atoms with Crippen LogP contribution in [0.3, 0.4) is 0 Å². The predicted molar refractivity (Wildman–Crippen MR) is 76.6 cm³/mol. The third-order valence-corrected chi connectivity index (χ3v) is 3.72. The average molecular weight is 263 g/mol. The van der Waals surface area contributed by atoms with Gasteiger partial charge in [0.05, 0.1) is 4.92 Å². The van der Waals surface area contributed by atoms with Crippen LogP contribution in [0.5, 0.6) is 0 Å². The van der Waals surface area contributed by atoms with Crippen LogP contribution in [0, 0.1) is 17.0 Å². The van der Waals surface area contributed by atoms with Gasteiger partial charge in [-0.05, 0) is 45.0 Å². The van der Waals surface area contributed by atoms with Crippen LogP contribution < -0.4 is 5.32 Å². The summed E-state index contributed by atoms with van der Waals surface area (Å²) >= 11 is 0. The number of hydrogen-bond acceptors (Lipinski definition) is 4. The number of likely N-dealkylation sites (N-methyl/N-ethyl adjacent to an activating group) is 1. The Balaban J connectivity index is 2.03. The molecule has 1 atom stereocenters. The van der Waals surface area contributed by atoms with E-state index in [1.54, 1.807) is 19.1 Å². The number of nitro benzene ring substituents is 1. The number of nitro groups is 1. The van der Waals surface area contributed by atoms with Crippen LogP contribution in [0.4, 0.5) is 11.4 Å². The van der Waals surface area contributed by atoms with Crippen molar-refractivity contribution >= 4 is 11.4 Å². The molecule has 1 aliphatic rings. The summed E-state index contributed by atoms with van der Waals surface area (Å²) in [6, 6.07) is 5.69. The van der Waals surface area contributed by atoms with Gasteiger partial charge in [-0.25, -0.2) is 0 Å². The number of hydrogen-bond donors (Lipinski definition) is 1. The number of nitrogens with zero attached hydrogens (tertiary/aromatic N) is 2. The maximum atomic E-state index is 10.8. The first-order valence-electron chi connectivity index (χ1n) is 6.84. The van der Waals surface area contributed by atoms with Crippen LogP contribution in [-0.2, 0) is 0 Å². The minimum absolute atomic E-state index is 0.185. The summed E-state index contributed by atoms with van der Waals surface area (Å²) in [6.07, 6.45) is 2.37. The molecule has 0 bridgehead atoms. The van der Waals surface area contributed by atoms with Crippen LogP contribution in [0.15, 0.2) is 18.2 Å². The second kappa shape index (κ2) is 6.02. The topological polar surface area (TPSA) is 58.4 Å². The lowest BCUT2D eigenvalue weighted by Crippen LogP contribution is -2.41. The maximum Gasteiger partial charge on any atom is 0.272 e. The zero-order valence-electron chi connectivity index (χ0n) is 11.6. The van der Waals surface area contributed by atoms with Crippen molar-refractivity contribution in [2.75, 3.05) is 25.0 Å². The highest BCUT2D eigenvalue weighted by Gasteiger charge is 2.19. The van der Waals surface area contributed by atoms with E-state index in [2.05, 4.69) is 17.1 Å². The zero-order valence-corrected chi connectivity index (χ0v) is 11.6. The van der Waals surface area contributed by atoms with E-state index >= 15 is 0 Å². The molecule has 1 fully saturated rings. The highest BCUT2D eigenvalue weighted by atomic mass is 16.6. The quantitative estimate of drug-likeness (QED) is 0.670. The maximum absolute atomic E-state index is 10.8. The fourth-order valence-electron chi connectivity index (χ4n) is 2.65. The van der Waals surface area contributed by atoms with E-state index in [1.807, 2.05) is 6.07 Å². The van der Waals surface area contributed by atoms with Gasteiger partial charge in [0.15, 0.2) is 0 Å². The van der Waals surface area contributed by atoms with Gasteiger partial charge in [0, 0.05) is 29.9 Å². The molecule has 2 rings (SSSR count). The van der Waals surface area contributed by atoms with Gasteiger partial charge in [0.1, 0.15) is 0 Å². The van der Waals surface area contributed by atoms with Crippen LogP contribution in [0.2, 0.25) is 0 Å². The van der Waals surface area contributed by atoms with Crippen molar-refractivity contribution in [3.63, 3.8) is 0 Å². The molecule has 5 heteroatoms. The Labute approximate surface area is 113 Å². The molecule has 1 saturated heterocycles. The van der Waals surface area contributed by atoms with Crippen LogP contribution in [-0.4, -0.2) is 35.5 Å². The van der Waals surface area contributed by atoms with E-state index in [0.29, 0.717) is 11.6 Å². The number of aryl methyl sites for hydroxylation is 1. The van der Waals surface area contributed by atoms with Gasteiger partial charge in [0.25, 0.3) is 5.69 Å². The van der Waals surface area contributed by atoms with Crippen molar-refractivity contribution in [1.82, 2.24) is 4.90 Å². The Bertz CT molecular complexity index is 462. The highest BCUT2D eigenvalue weighted by Crippen LogP contribution is 2.23. The number of rotatable bonds is 4. The van der Waals surface area contributed by atoms with Crippen LogP contribution >= 0.6 is 0 Å². The summed E-state index contributed by atoms with van der Waals surface area (Å²) in [7, 11) is 0. The van der Waals surface area contributed by atoms with Gasteiger partial charge in [0.2, 0.25) is 0 Å². The van der Waals surface area contributed by atoms with Crippen molar-refractivity contribution in [3.8, 4) is 0 Å². The fraction of sp³-hybridized carbons (Fsp3) is 0.571. The van der Waals surface area contributed by atoms with E-state index in [-0.39, 0.29) is 10.6 Å². The molecule has 1 aliphatic heterocycles. The van der Waals surface area contributed by atoms with Gasteiger partial charge in [-0.3, -0.25) is 10.1 Å².